The molecule has 1 heterocycles. The van der Waals surface area contributed by atoms with Gasteiger partial charge < -0.3 is 5.11 Å². The van der Waals surface area contributed by atoms with Crippen molar-refractivity contribution in [3.05, 3.63) is 41.2 Å². The van der Waals surface area contributed by atoms with Gasteiger partial charge >= 0.3 is 5.97 Å². The molecule has 0 aliphatic carbocycles. The lowest BCUT2D eigenvalue weighted by atomic mass is 10.0. The van der Waals surface area contributed by atoms with Gasteiger partial charge in [-0.3, -0.25) is 10.1 Å². The van der Waals surface area contributed by atoms with Crippen molar-refractivity contribution in [3.63, 3.8) is 0 Å². The molecule has 4 nitrogen and oxygen atoms in total. The number of aliphatic carboxylic acids is 1. The highest BCUT2D eigenvalue weighted by Gasteiger charge is 2.18. The Labute approximate surface area is 133 Å². The number of carboxylic acid groups (broad SMARTS) is 1. The molecule has 0 unspecified atom stereocenters. The van der Waals surface area contributed by atoms with E-state index in [9.17, 15) is 14.3 Å². The first kappa shape index (κ1) is 16.6. The molecule has 0 saturated heterocycles. The second-order valence-corrected chi connectivity index (χ2v) is 6.41. The molecule has 2 rings (SSSR count). The maximum absolute atomic E-state index is 12.9. The SMILES string of the molecule is CC(C)C[C@H](NCc1csc(-c2ccc(F)cc2)n1)C(=O)O. The summed E-state index contributed by atoms with van der Waals surface area (Å²) in [7, 11) is 0. The van der Waals surface area contributed by atoms with E-state index in [0.29, 0.717) is 18.9 Å². The number of hydrogen-bond donors (Lipinski definition) is 2. The molecule has 1 aromatic heterocycles. The van der Waals surface area contributed by atoms with E-state index < -0.39 is 12.0 Å². The van der Waals surface area contributed by atoms with Crippen molar-refractivity contribution >= 4 is 17.3 Å². The molecular formula is C16H19FN2O2S. The number of hydrogen-bond acceptors (Lipinski definition) is 4. The van der Waals surface area contributed by atoms with Crippen LogP contribution >= 0.6 is 11.3 Å². The summed E-state index contributed by atoms with van der Waals surface area (Å²) in [5.74, 6) is -0.818. The molecule has 1 atom stereocenters. The number of thiazole rings is 1. The molecule has 0 spiro atoms. The normalized spacial score (nSPS) is 12.5. The van der Waals surface area contributed by atoms with E-state index >= 15 is 0 Å². The minimum atomic E-state index is -0.845. The number of rotatable bonds is 7. The molecule has 1 aromatic carbocycles. The lowest BCUT2D eigenvalue weighted by Crippen LogP contribution is -2.37. The van der Waals surface area contributed by atoms with Crippen LogP contribution in [-0.4, -0.2) is 22.1 Å². The van der Waals surface area contributed by atoms with Gasteiger partial charge in [-0.25, -0.2) is 9.37 Å². The fourth-order valence-corrected chi connectivity index (χ4v) is 2.91. The maximum atomic E-state index is 12.9. The van der Waals surface area contributed by atoms with Crippen LogP contribution in [0.25, 0.3) is 10.6 Å². The summed E-state index contributed by atoms with van der Waals surface area (Å²) in [4.78, 5) is 15.7. The summed E-state index contributed by atoms with van der Waals surface area (Å²) in [5.41, 5.74) is 1.65. The number of nitrogens with zero attached hydrogens (tertiary/aromatic N) is 1. The number of halogens is 1. The Hall–Kier alpha value is -1.79. The highest BCUT2D eigenvalue weighted by Crippen LogP contribution is 2.23. The molecule has 118 valence electrons. The van der Waals surface area contributed by atoms with Gasteiger partial charge in [0, 0.05) is 17.5 Å². The van der Waals surface area contributed by atoms with E-state index in [0.717, 1.165) is 16.3 Å². The Balaban J connectivity index is 1.99. The van der Waals surface area contributed by atoms with Crippen LogP contribution in [0.1, 0.15) is 26.0 Å². The quantitative estimate of drug-likeness (QED) is 0.818. The molecule has 0 aliphatic heterocycles. The van der Waals surface area contributed by atoms with Crippen LogP contribution < -0.4 is 5.32 Å². The first-order chi connectivity index (χ1) is 10.5. The summed E-state index contributed by atoms with van der Waals surface area (Å²) in [6.07, 6.45) is 0.574. The maximum Gasteiger partial charge on any atom is 0.320 e. The van der Waals surface area contributed by atoms with E-state index in [-0.39, 0.29) is 5.82 Å². The minimum absolute atomic E-state index is 0.278. The monoisotopic (exact) mass is 322 g/mol. The Kier molecular flexibility index (Phi) is 5.63. The van der Waals surface area contributed by atoms with Crippen LogP contribution in [0.15, 0.2) is 29.6 Å². The Morgan fingerprint density at radius 3 is 2.64 bits per heavy atom. The summed E-state index contributed by atoms with van der Waals surface area (Å²) in [6.45, 7) is 4.39. The van der Waals surface area contributed by atoms with Gasteiger partial charge in [0.1, 0.15) is 16.9 Å². The van der Waals surface area contributed by atoms with Gasteiger partial charge in [-0.2, -0.15) is 0 Å². The molecule has 0 radical (unpaired) electrons. The van der Waals surface area contributed by atoms with E-state index in [1.54, 1.807) is 12.1 Å². The van der Waals surface area contributed by atoms with Crippen LogP contribution in [0.3, 0.4) is 0 Å². The average molecular weight is 322 g/mol. The Morgan fingerprint density at radius 2 is 2.05 bits per heavy atom. The molecule has 22 heavy (non-hydrogen) atoms. The lowest BCUT2D eigenvalue weighted by Gasteiger charge is -2.15. The molecule has 0 bridgehead atoms. The predicted molar refractivity (Wildman–Crippen MR) is 85.2 cm³/mol. The number of benzene rings is 1. The number of aromatic nitrogens is 1. The first-order valence-electron chi connectivity index (χ1n) is 7.12. The standard InChI is InChI=1S/C16H19FN2O2S/c1-10(2)7-14(16(20)21)18-8-13-9-22-15(19-13)11-3-5-12(17)6-4-11/h3-6,9-10,14,18H,7-8H2,1-2H3,(H,20,21)/t14-/m0/s1. The predicted octanol–water partition coefficient (Wildman–Crippen LogP) is 3.54. The number of carboxylic acids is 1. The highest BCUT2D eigenvalue weighted by atomic mass is 32.1. The summed E-state index contributed by atoms with van der Waals surface area (Å²) in [6, 6.07) is 5.60. The minimum Gasteiger partial charge on any atom is -0.480 e. The summed E-state index contributed by atoms with van der Waals surface area (Å²) >= 11 is 1.46. The largest absolute Gasteiger partial charge is 0.480 e. The van der Waals surface area contributed by atoms with Crippen molar-refractivity contribution in [2.24, 2.45) is 5.92 Å². The Bertz CT molecular complexity index is 625. The molecule has 0 fully saturated rings. The van der Waals surface area contributed by atoms with Gasteiger partial charge in [0.25, 0.3) is 0 Å². The molecule has 0 amide bonds. The molecule has 2 aromatic rings. The summed E-state index contributed by atoms with van der Waals surface area (Å²) in [5, 5.41) is 14.9. The van der Waals surface area contributed by atoms with E-state index in [4.69, 9.17) is 0 Å². The van der Waals surface area contributed by atoms with Crippen LogP contribution in [0.2, 0.25) is 0 Å². The summed E-state index contributed by atoms with van der Waals surface area (Å²) < 4.78 is 12.9. The number of carbonyl (C=O) groups is 1. The van der Waals surface area contributed by atoms with E-state index in [1.807, 2.05) is 19.2 Å². The molecule has 2 N–H and O–H groups in total. The average Bonchev–Trinajstić information content (AvgIpc) is 2.92. The van der Waals surface area contributed by atoms with Gasteiger partial charge in [-0.05, 0) is 36.6 Å². The van der Waals surface area contributed by atoms with Gasteiger partial charge in [0.15, 0.2) is 0 Å². The van der Waals surface area contributed by atoms with Crippen molar-refractivity contribution < 1.29 is 14.3 Å². The van der Waals surface area contributed by atoms with Crippen molar-refractivity contribution in [3.8, 4) is 10.6 Å². The fraction of sp³-hybridized carbons (Fsp3) is 0.375. The smallest absolute Gasteiger partial charge is 0.320 e. The van der Waals surface area contributed by atoms with Gasteiger partial charge in [0.2, 0.25) is 0 Å². The van der Waals surface area contributed by atoms with Gasteiger partial charge in [-0.1, -0.05) is 13.8 Å². The van der Waals surface area contributed by atoms with E-state index in [2.05, 4.69) is 10.3 Å². The van der Waals surface area contributed by atoms with Gasteiger partial charge in [-0.15, -0.1) is 11.3 Å². The van der Waals surface area contributed by atoms with Crippen LogP contribution in [0.5, 0.6) is 0 Å². The molecular weight excluding hydrogens is 303 g/mol. The zero-order chi connectivity index (χ0) is 16.1. The third kappa shape index (κ3) is 4.61. The van der Waals surface area contributed by atoms with Crippen molar-refractivity contribution in [1.29, 1.82) is 0 Å². The van der Waals surface area contributed by atoms with Crippen molar-refractivity contribution in [2.75, 3.05) is 0 Å². The Morgan fingerprint density at radius 1 is 1.36 bits per heavy atom. The third-order valence-corrected chi connectivity index (χ3v) is 4.12. The fourth-order valence-electron chi connectivity index (χ4n) is 2.08. The van der Waals surface area contributed by atoms with Crippen LogP contribution in [0, 0.1) is 11.7 Å². The van der Waals surface area contributed by atoms with Crippen molar-refractivity contribution in [1.82, 2.24) is 10.3 Å². The molecule has 6 heteroatoms. The highest BCUT2D eigenvalue weighted by molar-refractivity contribution is 7.13. The van der Waals surface area contributed by atoms with Gasteiger partial charge in [0.05, 0.1) is 5.69 Å². The lowest BCUT2D eigenvalue weighted by molar-refractivity contribution is -0.140. The molecule has 0 saturated carbocycles. The second kappa shape index (κ2) is 7.47. The van der Waals surface area contributed by atoms with E-state index in [1.165, 1.54) is 23.5 Å². The topological polar surface area (TPSA) is 62.2 Å². The zero-order valence-corrected chi connectivity index (χ0v) is 13.4. The first-order valence-corrected chi connectivity index (χ1v) is 8.00. The van der Waals surface area contributed by atoms with Crippen LogP contribution in [-0.2, 0) is 11.3 Å². The molecule has 0 aliphatic rings. The van der Waals surface area contributed by atoms with Crippen molar-refractivity contribution in [2.45, 2.75) is 32.9 Å². The second-order valence-electron chi connectivity index (χ2n) is 5.55. The third-order valence-electron chi connectivity index (χ3n) is 3.18. The van der Waals surface area contributed by atoms with Crippen LogP contribution in [0.4, 0.5) is 4.39 Å². The zero-order valence-electron chi connectivity index (χ0n) is 12.5. The number of nitrogens with one attached hydrogen (secondary N) is 1.